The Labute approximate surface area is 127 Å². The van der Waals surface area contributed by atoms with E-state index in [1.54, 1.807) is 0 Å². The third-order valence-corrected chi connectivity index (χ3v) is 5.88. The molecule has 2 N–H and O–H groups in total. The van der Waals surface area contributed by atoms with Crippen LogP contribution in [0.15, 0.2) is 24.3 Å². The molecule has 3 rings (SSSR count). The van der Waals surface area contributed by atoms with Gasteiger partial charge in [-0.15, -0.1) is 0 Å². The average molecular weight is 308 g/mol. The molecule has 4 nitrogen and oxygen atoms in total. The molecule has 21 heavy (non-hydrogen) atoms. The molecule has 5 heteroatoms. The van der Waals surface area contributed by atoms with Crippen LogP contribution in [-0.2, 0) is 16.6 Å². The normalized spacial score (nSPS) is 23.1. The molecule has 1 atom stereocenters. The van der Waals surface area contributed by atoms with Crippen LogP contribution >= 0.6 is 0 Å². The molecule has 2 aliphatic carbocycles. The molecule has 0 amide bonds. The molecule has 1 aromatic rings. The molecular formula is C16H24N2O2S. The number of nitrogens with one attached hydrogen (secondary N) is 2. The summed E-state index contributed by atoms with van der Waals surface area (Å²) in [6.45, 7) is 0.499. The molecule has 1 saturated carbocycles. The lowest BCUT2D eigenvalue weighted by Crippen LogP contribution is -2.43. The van der Waals surface area contributed by atoms with E-state index < -0.39 is 10.2 Å². The quantitative estimate of drug-likeness (QED) is 0.878. The van der Waals surface area contributed by atoms with Gasteiger partial charge in [-0.3, -0.25) is 0 Å². The molecule has 0 unspecified atom stereocenters. The molecule has 1 aromatic carbocycles. The Morgan fingerprint density at radius 3 is 2.62 bits per heavy atom. The fourth-order valence-corrected chi connectivity index (χ4v) is 4.76. The lowest BCUT2D eigenvalue weighted by Gasteiger charge is -2.26. The van der Waals surface area contributed by atoms with Crippen LogP contribution in [0.1, 0.15) is 55.6 Å². The SMILES string of the molecule is O=S(=O)(NC[C@H]1CCCc2ccccc21)NC1CCCC1. The van der Waals surface area contributed by atoms with Crippen molar-refractivity contribution in [1.82, 2.24) is 9.44 Å². The van der Waals surface area contributed by atoms with Crippen LogP contribution in [0.3, 0.4) is 0 Å². The Hall–Kier alpha value is -0.910. The second-order valence-corrected chi connectivity index (χ2v) is 7.77. The predicted molar refractivity (Wildman–Crippen MR) is 84.4 cm³/mol. The lowest BCUT2D eigenvalue weighted by atomic mass is 9.83. The molecule has 0 heterocycles. The van der Waals surface area contributed by atoms with Crippen molar-refractivity contribution < 1.29 is 8.42 Å². The molecule has 0 spiro atoms. The van der Waals surface area contributed by atoms with E-state index in [-0.39, 0.29) is 6.04 Å². The van der Waals surface area contributed by atoms with Crippen LogP contribution in [0, 0.1) is 0 Å². The highest BCUT2D eigenvalue weighted by Gasteiger charge is 2.24. The average Bonchev–Trinajstić information content (AvgIpc) is 2.97. The summed E-state index contributed by atoms with van der Waals surface area (Å²) in [5.41, 5.74) is 2.68. The number of benzene rings is 1. The zero-order chi connectivity index (χ0) is 14.7. The number of hydrogen-bond donors (Lipinski definition) is 2. The number of rotatable bonds is 5. The van der Waals surface area contributed by atoms with Gasteiger partial charge < -0.3 is 0 Å². The van der Waals surface area contributed by atoms with E-state index in [4.69, 9.17) is 0 Å². The smallest absolute Gasteiger partial charge is 0.202 e. The summed E-state index contributed by atoms with van der Waals surface area (Å²) in [5, 5.41) is 0. The van der Waals surface area contributed by atoms with E-state index in [1.807, 2.05) is 6.07 Å². The van der Waals surface area contributed by atoms with Crippen molar-refractivity contribution in [3.05, 3.63) is 35.4 Å². The topological polar surface area (TPSA) is 58.2 Å². The van der Waals surface area contributed by atoms with Gasteiger partial charge in [0.05, 0.1) is 0 Å². The van der Waals surface area contributed by atoms with Gasteiger partial charge in [0, 0.05) is 12.6 Å². The predicted octanol–water partition coefficient (Wildman–Crippen LogP) is 2.47. The van der Waals surface area contributed by atoms with Crippen LogP contribution in [0.5, 0.6) is 0 Å². The monoisotopic (exact) mass is 308 g/mol. The summed E-state index contributed by atoms with van der Waals surface area (Å²) in [6.07, 6.45) is 7.49. The van der Waals surface area contributed by atoms with E-state index in [9.17, 15) is 8.42 Å². The van der Waals surface area contributed by atoms with E-state index >= 15 is 0 Å². The fraction of sp³-hybridized carbons (Fsp3) is 0.625. The van der Waals surface area contributed by atoms with Crippen molar-refractivity contribution in [3.63, 3.8) is 0 Å². The maximum Gasteiger partial charge on any atom is 0.277 e. The molecular weight excluding hydrogens is 284 g/mol. The molecule has 0 aliphatic heterocycles. The molecule has 0 radical (unpaired) electrons. The van der Waals surface area contributed by atoms with Gasteiger partial charge in [0.1, 0.15) is 0 Å². The summed E-state index contributed by atoms with van der Waals surface area (Å²) in [5.74, 6) is 0.301. The van der Waals surface area contributed by atoms with E-state index in [0.717, 1.165) is 44.9 Å². The first-order valence-electron chi connectivity index (χ1n) is 7.99. The van der Waals surface area contributed by atoms with Crippen LogP contribution in [0.2, 0.25) is 0 Å². The first-order chi connectivity index (χ1) is 10.1. The Kier molecular flexibility index (Phi) is 4.62. The number of hydrogen-bond acceptors (Lipinski definition) is 2. The molecule has 1 fully saturated rings. The minimum absolute atomic E-state index is 0.126. The Morgan fingerprint density at radius 1 is 1.05 bits per heavy atom. The summed E-state index contributed by atoms with van der Waals surface area (Å²) in [4.78, 5) is 0. The zero-order valence-electron chi connectivity index (χ0n) is 12.3. The third kappa shape index (κ3) is 3.84. The number of aryl methyl sites for hydroxylation is 1. The maximum absolute atomic E-state index is 12.1. The van der Waals surface area contributed by atoms with Crippen LogP contribution in [0.25, 0.3) is 0 Å². The zero-order valence-corrected chi connectivity index (χ0v) is 13.2. The largest absolute Gasteiger partial charge is 0.277 e. The lowest BCUT2D eigenvalue weighted by molar-refractivity contribution is 0.511. The first-order valence-corrected chi connectivity index (χ1v) is 9.47. The van der Waals surface area contributed by atoms with Crippen molar-refractivity contribution in [2.24, 2.45) is 0 Å². The van der Waals surface area contributed by atoms with E-state index in [2.05, 4.69) is 27.6 Å². The highest BCUT2D eigenvalue weighted by atomic mass is 32.2. The van der Waals surface area contributed by atoms with Gasteiger partial charge in [0.15, 0.2) is 0 Å². The molecule has 0 saturated heterocycles. The fourth-order valence-electron chi connectivity index (χ4n) is 3.58. The van der Waals surface area contributed by atoms with Gasteiger partial charge >= 0.3 is 0 Å². The van der Waals surface area contributed by atoms with Crippen molar-refractivity contribution in [3.8, 4) is 0 Å². The summed E-state index contributed by atoms with van der Waals surface area (Å²) >= 11 is 0. The standard InChI is InChI=1S/C16H24N2O2S/c19-21(20,18-15-9-2-3-10-15)17-12-14-8-5-7-13-6-1-4-11-16(13)14/h1,4,6,11,14-15,17-18H,2-3,5,7-10,12H2/t14-/m1/s1. The molecule has 0 aromatic heterocycles. The van der Waals surface area contributed by atoms with E-state index in [1.165, 1.54) is 11.1 Å². The molecule has 0 bridgehead atoms. The van der Waals surface area contributed by atoms with E-state index in [0.29, 0.717) is 12.5 Å². The third-order valence-electron chi connectivity index (χ3n) is 4.69. The van der Waals surface area contributed by atoms with Gasteiger partial charge in [0.2, 0.25) is 0 Å². The van der Waals surface area contributed by atoms with Crippen LogP contribution < -0.4 is 9.44 Å². The minimum Gasteiger partial charge on any atom is -0.202 e. The highest BCUT2D eigenvalue weighted by molar-refractivity contribution is 7.87. The second-order valence-electron chi connectivity index (χ2n) is 6.24. The van der Waals surface area contributed by atoms with Gasteiger partial charge in [-0.2, -0.15) is 13.1 Å². The number of fused-ring (bicyclic) bond motifs is 1. The Bertz CT molecular complexity index is 580. The molecule has 116 valence electrons. The first kappa shape index (κ1) is 15.0. The van der Waals surface area contributed by atoms with Gasteiger partial charge in [-0.1, -0.05) is 37.1 Å². The molecule has 2 aliphatic rings. The summed E-state index contributed by atoms with van der Waals surface area (Å²) in [6, 6.07) is 8.53. The Balaban J connectivity index is 1.60. The summed E-state index contributed by atoms with van der Waals surface area (Å²) in [7, 11) is -3.37. The van der Waals surface area contributed by atoms with Gasteiger partial charge in [-0.05, 0) is 49.1 Å². The van der Waals surface area contributed by atoms with Crippen LogP contribution in [0.4, 0.5) is 0 Å². The minimum atomic E-state index is -3.37. The van der Waals surface area contributed by atoms with Crippen molar-refractivity contribution in [2.45, 2.75) is 56.9 Å². The Morgan fingerprint density at radius 2 is 1.81 bits per heavy atom. The maximum atomic E-state index is 12.1. The van der Waals surface area contributed by atoms with Gasteiger partial charge in [-0.25, -0.2) is 4.72 Å². The highest BCUT2D eigenvalue weighted by Crippen LogP contribution is 2.30. The van der Waals surface area contributed by atoms with Gasteiger partial charge in [0.25, 0.3) is 10.2 Å². The summed E-state index contributed by atoms with van der Waals surface area (Å²) < 4.78 is 29.8. The van der Waals surface area contributed by atoms with Crippen molar-refractivity contribution in [2.75, 3.05) is 6.54 Å². The van der Waals surface area contributed by atoms with Crippen LogP contribution in [-0.4, -0.2) is 21.0 Å². The second kappa shape index (κ2) is 6.46. The van der Waals surface area contributed by atoms with Crippen molar-refractivity contribution in [1.29, 1.82) is 0 Å². The van der Waals surface area contributed by atoms with Crippen molar-refractivity contribution >= 4 is 10.2 Å².